The fourth-order valence-corrected chi connectivity index (χ4v) is 4.38. The van der Waals surface area contributed by atoms with Crippen LogP contribution >= 0.6 is 11.6 Å². The molecule has 1 N–H and O–H groups in total. The first-order chi connectivity index (χ1) is 14.3. The lowest BCUT2D eigenvalue weighted by Gasteiger charge is -2.35. The van der Waals surface area contributed by atoms with Gasteiger partial charge in [-0.3, -0.25) is 4.79 Å². The van der Waals surface area contributed by atoms with Gasteiger partial charge in [-0.25, -0.2) is 9.18 Å². The highest BCUT2D eigenvalue weighted by molar-refractivity contribution is 6.32. The largest absolute Gasteiger partial charge is 0.492 e. The number of hydrogen-bond acceptors (Lipinski definition) is 4. The zero-order chi connectivity index (χ0) is 21.6. The second-order valence-electron chi connectivity index (χ2n) is 8.26. The molecule has 1 atom stereocenters. The van der Waals surface area contributed by atoms with Crippen LogP contribution in [0, 0.1) is 11.2 Å². The minimum absolute atomic E-state index is 0.0805. The Morgan fingerprint density at radius 1 is 1.37 bits per heavy atom. The van der Waals surface area contributed by atoms with Crippen LogP contribution in [0.4, 0.5) is 4.39 Å². The summed E-state index contributed by atoms with van der Waals surface area (Å²) in [6.07, 6.45) is 4.47. The van der Waals surface area contributed by atoms with Crippen LogP contribution in [0.3, 0.4) is 0 Å². The Balaban J connectivity index is 1.84. The Kier molecular flexibility index (Phi) is 5.36. The summed E-state index contributed by atoms with van der Waals surface area (Å²) in [5.74, 6) is -1.99. The van der Waals surface area contributed by atoms with Gasteiger partial charge in [0, 0.05) is 37.9 Å². The van der Waals surface area contributed by atoms with E-state index in [0.717, 1.165) is 18.4 Å². The van der Waals surface area contributed by atoms with Crippen LogP contribution in [0.1, 0.15) is 48.1 Å². The summed E-state index contributed by atoms with van der Waals surface area (Å²) in [4.78, 5) is 23.9. The predicted octanol–water partition coefficient (Wildman–Crippen LogP) is 4.32. The molecule has 6 nitrogen and oxygen atoms in total. The van der Waals surface area contributed by atoms with Crippen LogP contribution in [0.25, 0.3) is 11.3 Å². The topological polar surface area (TPSA) is 77.8 Å². The van der Waals surface area contributed by atoms with E-state index in [0.29, 0.717) is 42.4 Å². The third kappa shape index (κ3) is 3.50. The molecule has 1 aromatic carbocycles. The highest BCUT2D eigenvalue weighted by Crippen LogP contribution is 2.57. The standard InChI is InChI=1S/C22H23ClFNO5/c1-22(4-5-22)17-9-12-8-16(30-7-3-6-29-2)15(23)10-13(12)19-18(24)20(26)14(21(27)28)11-25(17)19/h8,10-11,17H,3-7,9H2,1-2H3,(H,27,28). The summed E-state index contributed by atoms with van der Waals surface area (Å²) >= 11 is 6.39. The molecule has 2 aliphatic rings. The van der Waals surface area contributed by atoms with E-state index >= 15 is 4.39 Å². The van der Waals surface area contributed by atoms with E-state index in [4.69, 9.17) is 21.1 Å². The third-order valence-electron chi connectivity index (χ3n) is 6.16. The molecule has 1 saturated carbocycles. The van der Waals surface area contributed by atoms with Gasteiger partial charge < -0.3 is 19.1 Å². The van der Waals surface area contributed by atoms with Crippen LogP contribution in [-0.2, 0) is 11.2 Å². The number of fused-ring (bicyclic) bond motifs is 3. The van der Waals surface area contributed by atoms with E-state index in [1.807, 2.05) is 6.07 Å². The number of halogens is 2. The number of aromatic nitrogens is 1. The van der Waals surface area contributed by atoms with Crippen molar-refractivity contribution in [3.05, 3.63) is 50.5 Å². The van der Waals surface area contributed by atoms with E-state index < -0.39 is 22.8 Å². The zero-order valence-electron chi connectivity index (χ0n) is 16.8. The number of methoxy groups -OCH3 is 1. The van der Waals surface area contributed by atoms with Gasteiger partial charge >= 0.3 is 5.97 Å². The SMILES string of the molecule is COCCCOc1cc2c(cc1Cl)-c1c(F)c(=O)c(C(=O)O)cn1C(C1(C)CC1)C2. The maximum absolute atomic E-state index is 15.2. The second kappa shape index (κ2) is 7.71. The van der Waals surface area contributed by atoms with E-state index in [9.17, 15) is 14.7 Å². The van der Waals surface area contributed by atoms with Crippen LogP contribution in [-0.4, -0.2) is 36.0 Å². The van der Waals surface area contributed by atoms with Gasteiger partial charge in [0.05, 0.1) is 17.3 Å². The Morgan fingerprint density at radius 2 is 2.10 bits per heavy atom. The summed E-state index contributed by atoms with van der Waals surface area (Å²) in [6, 6.07) is 3.25. The first kappa shape index (κ1) is 20.9. The van der Waals surface area contributed by atoms with Crippen LogP contribution in [0.2, 0.25) is 5.02 Å². The molecule has 160 valence electrons. The van der Waals surface area contributed by atoms with Crippen LogP contribution < -0.4 is 10.2 Å². The van der Waals surface area contributed by atoms with Crippen LogP contribution in [0.15, 0.2) is 23.1 Å². The average molecular weight is 436 g/mol. The fourth-order valence-electron chi connectivity index (χ4n) is 4.16. The molecule has 30 heavy (non-hydrogen) atoms. The molecule has 0 radical (unpaired) electrons. The monoisotopic (exact) mass is 435 g/mol. The van der Waals surface area contributed by atoms with Crippen molar-refractivity contribution < 1.29 is 23.8 Å². The van der Waals surface area contributed by atoms with Crippen LogP contribution in [0.5, 0.6) is 5.75 Å². The summed E-state index contributed by atoms with van der Waals surface area (Å²) in [7, 11) is 1.62. The molecule has 1 aromatic heterocycles. The predicted molar refractivity (Wildman–Crippen MR) is 110 cm³/mol. The minimum Gasteiger partial charge on any atom is -0.492 e. The number of hydrogen-bond donors (Lipinski definition) is 1. The molecule has 1 aliphatic carbocycles. The summed E-state index contributed by atoms with van der Waals surface area (Å²) in [5, 5.41) is 9.67. The van der Waals surface area contributed by atoms with Gasteiger partial charge in [-0.15, -0.1) is 0 Å². The van der Waals surface area contributed by atoms with Crippen molar-refractivity contribution in [1.29, 1.82) is 0 Å². The number of ether oxygens (including phenoxy) is 2. The number of aromatic carboxylic acids is 1. The lowest BCUT2D eigenvalue weighted by Crippen LogP contribution is -2.32. The van der Waals surface area contributed by atoms with Crippen molar-refractivity contribution in [1.82, 2.24) is 4.57 Å². The van der Waals surface area contributed by atoms with E-state index in [1.165, 1.54) is 6.20 Å². The smallest absolute Gasteiger partial charge is 0.341 e. The Hall–Kier alpha value is -2.38. The van der Waals surface area contributed by atoms with Gasteiger partial charge in [0.1, 0.15) is 11.3 Å². The molecular weight excluding hydrogens is 413 g/mol. The first-order valence-electron chi connectivity index (χ1n) is 9.89. The zero-order valence-corrected chi connectivity index (χ0v) is 17.6. The molecule has 1 unspecified atom stereocenters. The first-order valence-corrected chi connectivity index (χ1v) is 10.3. The highest BCUT2D eigenvalue weighted by Gasteiger charge is 2.48. The molecule has 0 saturated heterocycles. The quantitative estimate of drug-likeness (QED) is 0.655. The van der Waals surface area contributed by atoms with Gasteiger partial charge in [0.25, 0.3) is 0 Å². The van der Waals surface area contributed by atoms with Crippen molar-refractivity contribution in [2.75, 3.05) is 20.3 Å². The Labute approximate surface area is 178 Å². The van der Waals surface area contributed by atoms with E-state index in [-0.39, 0.29) is 17.2 Å². The van der Waals surface area contributed by atoms with Gasteiger partial charge in [-0.05, 0) is 42.4 Å². The maximum Gasteiger partial charge on any atom is 0.341 e. The van der Waals surface area contributed by atoms with Gasteiger partial charge in [0.15, 0.2) is 5.82 Å². The Morgan fingerprint density at radius 3 is 2.73 bits per heavy atom. The summed E-state index contributed by atoms with van der Waals surface area (Å²) in [5.41, 5.74) is -0.326. The molecular formula is C22H23ClFNO5. The van der Waals surface area contributed by atoms with E-state index in [2.05, 4.69) is 6.92 Å². The van der Waals surface area contributed by atoms with Crippen molar-refractivity contribution in [3.8, 4) is 17.0 Å². The van der Waals surface area contributed by atoms with Gasteiger partial charge in [-0.2, -0.15) is 0 Å². The number of carboxylic acid groups (broad SMARTS) is 1. The van der Waals surface area contributed by atoms with Gasteiger partial charge in [0.2, 0.25) is 5.43 Å². The van der Waals surface area contributed by atoms with Gasteiger partial charge in [-0.1, -0.05) is 18.5 Å². The molecule has 2 aromatic rings. The second-order valence-corrected chi connectivity index (χ2v) is 8.66. The number of benzene rings is 1. The normalized spacial score (nSPS) is 18.5. The minimum atomic E-state index is -1.43. The van der Waals surface area contributed by atoms with E-state index in [1.54, 1.807) is 17.7 Å². The number of nitrogens with zero attached hydrogens (tertiary/aromatic N) is 1. The fraction of sp³-hybridized carbons (Fsp3) is 0.455. The number of pyridine rings is 1. The number of rotatable bonds is 7. The van der Waals surface area contributed by atoms with Crippen molar-refractivity contribution in [3.63, 3.8) is 0 Å². The highest BCUT2D eigenvalue weighted by atomic mass is 35.5. The summed E-state index contributed by atoms with van der Waals surface area (Å²) in [6.45, 7) is 3.09. The summed E-state index contributed by atoms with van der Waals surface area (Å²) < 4.78 is 27.6. The molecule has 1 fully saturated rings. The van der Waals surface area contributed by atoms with Crippen molar-refractivity contribution in [2.24, 2.45) is 5.41 Å². The van der Waals surface area contributed by atoms with Crippen molar-refractivity contribution >= 4 is 17.6 Å². The lowest BCUT2D eigenvalue weighted by molar-refractivity contribution is 0.0693. The molecule has 2 heterocycles. The molecule has 0 amide bonds. The number of carbonyl (C=O) groups is 1. The maximum atomic E-state index is 15.2. The lowest BCUT2D eigenvalue weighted by atomic mass is 9.84. The average Bonchev–Trinajstić information content (AvgIpc) is 3.45. The molecule has 1 aliphatic heterocycles. The molecule has 0 spiro atoms. The molecule has 4 rings (SSSR count). The Bertz CT molecular complexity index is 1080. The molecule has 0 bridgehead atoms. The third-order valence-corrected chi connectivity index (χ3v) is 6.46. The molecule has 8 heteroatoms. The van der Waals surface area contributed by atoms with Crippen molar-refractivity contribution in [2.45, 2.75) is 38.6 Å². The number of carboxylic acids is 1.